The fourth-order valence-corrected chi connectivity index (χ4v) is 4.49. The SMILES string of the molecule is Cc1cn(-c2ncc3ncnc(Nc4c(F)ccc(NS(=O)(=O)c5cc(F)ccc5F)c4F)c3n2)cn1. The summed E-state index contributed by atoms with van der Waals surface area (Å²) in [7, 11) is -4.77. The Bertz CT molecular complexity index is 1780. The topological polar surface area (TPSA) is 128 Å². The van der Waals surface area contributed by atoms with Crippen LogP contribution in [0.3, 0.4) is 0 Å². The van der Waals surface area contributed by atoms with Gasteiger partial charge < -0.3 is 5.32 Å². The first kappa shape index (κ1) is 24.1. The standard InChI is InChI=1S/C22H14F4N8O2S/c1-11-8-34(10-30-11)22-27-7-16-20(32-22)21(29-9-28-16)31-19-14(25)4-5-15(18(19)26)33-37(35,36)17-6-12(23)2-3-13(17)24/h2-10,33H,1H3,(H,28,29,31). The van der Waals surface area contributed by atoms with Crippen molar-refractivity contribution in [3.05, 3.63) is 84.3 Å². The fourth-order valence-electron chi connectivity index (χ4n) is 3.34. The highest BCUT2D eigenvalue weighted by atomic mass is 32.2. The first-order chi connectivity index (χ1) is 17.6. The lowest BCUT2D eigenvalue weighted by atomic mass is 10.2. The van der Waals surface area contributed by atoms with Gasteiger partial charge in [-0.15, -0.1) is 0 Å². The Morgan fingerprint density at radius 1 is 0.946 bits per heavy atom. The van der Waals surface area contributed by atoms with E-state index in [-0.39, 0.29) is 22.8 Å². The summed E-state index contributed by atoms with van der Waals surface area (Å²) >= 11 is 0. The monoisotopic (exact) mass is 530 g/mol. The predicted molar refractivity (Wildman–Crippen MR) is 124 cm³/mol. The van der Waals surface area contributed by atoms with Gasteiger partial charge in [0.2, 0.25) is 5.95 Å². The number of benzene rings is 2. The summed E-state index contributed by atoms with van der Waals surface area (Å²) in [5, 5.41) is 2.47. The van der Waals surface area contributed by atoms with Gasteiger partial charge in [-0.1, -0.05) is 0 Å². The van der Waals surface area contributed by atoms with E-state index in [1.54, 1.807) is 13.1 Å². The number of sulfonamides is 1. The minimum absolute atomic E-state index is 0.102. The number of anilines is 3. The summed E-state index contributed by atoms with van der Waals surface area (Å²) in [6, 6.07) is 3.35. The Balaban J connectivity index is 1.53. The van der Waals surface area contributed by atoms with E-state index in [0.29, 0.717) is 17.8 Å². The zero-order valence-corrected chi connectivity index (χ0v) is 19.4. The Morgan fingerprint density at radius 3 is 2.49 bits per heavy atom. The Hall–Kier alpha value is -4.66. The van der Waals surface area contributed by atoms with Crippen LogP contribution in [0.2, 0.25) is 0 Å². The summed E-state index contributed by atoms with van der Waals surface area (Å²) < 4.78 is 86.0. The van der Waals surface area contributed by atoms with Crippen molar-refractivity contribution in [3.63, 3.8) is 0 Å². The van der Waals surface area contributed by atoms with Crippen LogP contribution in [0.5, 0.6) is 0 Å². The van der Waals surface area contributed by atoms with Gasteiger partial charge in [-0.25, -0.2) is 50.9 Å². The summed E-state index contributed by atoms with van der Waals surface area (Å²) in [6.07, 6.45) is 5.63. The van der Waals surface area contributed by atoms with Crippen LogP contribution >= 0.6 is 0 Å². The van der Waals surface area contributed by atoms with Gasteiger partial charge >= 0.3 is 0 Å². The maximum absolute atomic E-state index is 15.3. The summed E-state index contributed by atoms with van der Waals surface area (Å²) in [5.74, 6) is -4.67. The molecule has 2 aromatic carbocycles. The van der Waals surface area contributed by atoms with Crippen molar-refractivity contribution in [2.45, 2.75) is 11.8 Å². The lowest BCUT2D eigenvalue weighted by Gasteiger charge is -2.14. The number of aromatic nitrogens is 6. The van der Waals surface area contributed by atoms with Crippen LogP contribution < -0.4 is 10.0 Å². The number of imidazole rings is 1. The average molecular weight is 530 g/mol. The van der Waals surface area contributed by atoms with E-state index in [1.807, 2.05) is 4.72 Å². The third kappa shape index (κ3) is 4.63. The number of nitrogens with zero attached hydrogens (tertiary/aromatic N) is 6. The molecule has 3 aromatic heterocycles. The van der Waals surface area contributed by atoms with Crippen LogP contribution in [-0.2, 0) is 10.0 Å². The molecule has 10 nitrogen and oxygen atoms in total. The molecule has 0 amide bonds. The quantitative estimate of drug-likeness (QED) is 0.315. The second-order valence-electron chi connectivity index (χ2n) is 7.64. The highest BCUT2D eigenvalue weighted by Crippen LogP contribution is 2.31. The number of hydrogen-bond donors (Lipinski definition) is 2. The molecule has 0 aliphatic carbocycles. The fraction of sp³-hybridized carbons (Fsp3) is 0.0455. The number of rotatable bonds is 6. The van der Waals surface area contributed by atoms with Crippen molar-refractivity contribution in [1.29, 1.82) is 0 Å². The van der Waals surface area contributed by atoms with Crippen molar-refractivity contribution in [2.24, 2.45) is 0 Å². The van der Waals surface area contributed by atoms with E-state index in [9.17, 15) is 21.6 Å². The van der Waals surface area contributed by atoms with E-state index < -0.39 is 49.6 Å². The molecule has 15 heteroatoms. The van der Waals surface area contributed by atoms with Crippen LogP contribution in [0.1, 0.15) is 5.69 Å². The zero-order chi connectivity index (χ0) is 26.3. The number of hydrogen-bond acceptors (Lipinski definition) is 8. The molecule has 0 atom stereocenters. The molecular weight excluding hydrogens is 516 g/mol. The molecule has 2 N–H and O–H groups in total. The third-order valence-electron chi connectivity index (χ3n) is 5.07. The van der Waals surface area contributed by atoms with Crippen molar-refractivity contribution in [1.82, 2.24) is 29.5 Å². The van der Waals surface area contributed by atoms with Gasteiger partial charge in [0.1, 0.15) is 51.7 Å². The number of fused-ring (bicyclic) bond motifs is 1. The van der Waals surface area contributed by atoms with Crippen LogP contribution in [-0.4, -0.2) is 37.9 Å². The molecule has 3 heterocycles. The van der Waals surface area contributed by atoms with Crippen molar-refractivity contribution in [3.8, 4) is 5.95 Å². The molecule has 0 spiro atoms. The number of aryl methyl sites for hydroxylation is 1. The van der Waals surface area contributed by atoms with E-state index in [4.69, 9.17) is 0 Å². The van der Waals surface area contributed by atoms with Gasteiger partial charge in [-0.05, 0) is 37.3 Å². The van der Waals surface area contributed by atoms with Gasteiger partial charge in [0.15, 0.2) is 11.6 Å². The highest BCUT2D eigenvalue weighted by molar-refractivity contribution is 7.92. The molecule has 0 radical (unpaired) electrons. The first-order valence-corrected chi connectivity index (χ1v) is 11.8. The molecular formula is C22H14F4N8O2S. The maximum atomic E-state index is 15.3. The molecule has 5 rings (SSSR count). The summed E-state index contributed by atoms with van der Waals surface area (Å²) in [5.41, 5.74) is -0.454. The Kier molecular flexibility index (Phi) is 5.91. The summed E-state index contributed by atoms with van der Waals surface area (Å²) in [4.78, 5) is 19.6. The van der Waals surface area contributed by atoms with Gasteiger partial charge in [0, 0.05) is 6.20 Å². The van der Waals surface area contributed by atoms with Crippen LogP contribution in [0, 0.1) is 30.2 Å². The molecule has 188 valence electrons. The average Bonchev–Trinajstić information content (AvgIpc) is 3.31. The second-order valence-corrected chi connectivity index (χ2v) is 9.29. The largest absolute Gasteiger partial charge is 0.333 e. The van der Waals surface area contributed by atoms with Crippen molar-refractivity contribution >= 4 is 38.2 Å². The Morgan fingerprint density at radius 2 is 1.73 bits per heavy atom. The van der Waals surface area contributed by atoms with Crippen molar-refractivity contribution in [2.75, 3.05) is 10.0 Å². The predicted octanol–water partition coefficient (Wildman–Crippen LogP) is 4.01. The van der Waals surface area contributed by atoms with Gasteiger partial charge in [-0.3, -0.25) is 9.29 Å². The first-order valence-electron chi connectivity index (χ1n) is 10.3. The molecule has 0 unspecified atom stereocenters. The van der Waals surface area contributed by atoms with Gasteiger partial charge in [0.05, 0.1) is 17.6 Å². The lowest BCUT2D eigenvalue weighted by molar-refractivity contribution is 0.555. The zero-order valence-electron chi connectivity index (χ0n) is 18.6. The molecule has 0 fully saturated rings. The summed E-state index contributed by atoms with van der Waals surface area (Å²) in [6.45, 7) is 1.77. The van der Waals surface area contributed by atoms with Crippen LogP contribution in [0.25, 0.3) is 17.0 Å². The van der Waals surface area contributed by atoms with Crippen LogP contribution in [0.4, 0.5) is 34.8 Å². The molecule has 0 saturated heterocycles. The Labute approximate surface area is 206 Å². The molecule has 0 bridgehead atoms. The molecule has 5 aromatic rings. The highest BCUT2D eigenvalue weighted by Gasteiger charge is 2.24. The third-order valence-corrected chi connectivity index (χ3v) is 6.45. The molecule has 0 aliphatic rings. The maximum Gasteiger partial charge on any atom is 0.265 e. The smallest absolute Gasteiger partial charge is 0.265 e. The number of nitrogens with one attached hydrogen (secondary N) is 2. The van der Waals surface area contributed by atoms with E-state index in [2.05, 4.69) is 30.2 Å². The lowest BCUT2D eigenvalue weighted by Crippen LogP contribution is -2.16. The van der Waals surface area contributed by atoms with E-state index in [1.165, 1.54) is 17.1 Å². The van der Waals surface area contributed by atoms with Gasteiger partial charge in [0.25, 0.3) is 10.0 Å². The minimum Gasteiger partial charge on any atom is -0.333 e. The van der Waals surface area contributed by atoms with E-state index in [0.717, 1.165) is 24.5 Å². The van der Waals surface area contributed by atoms with E-state index >= 15 is 4.39 Å². The second kappa shape index (κ2) is 9.09. The molecule has 0 aliphatic heterocycles. The minimum atomic E-state index is -4.77. The molecule has 0 saturated carbocycles. The molecule has 37 heavy (non-hydrogen) atoms. The van der Waals surface area contributed by atoms with Crippen LogP contribution in [0.15, 0.2) is 60.3 Å². The van der Waals surface area contributed by atoms with Gasteiger partial charge in [-0.2, -0.15) is 0 Å². The normalized spacial score (nSPS) is 11.6. The number of halogens is 4. The van der Waals surface area contributed by atoms with Crippen molar-refractivity contribution < 1.29 is 26.0 Å².